The number of amides is 2. The highest BCUT2D eigenvalue weighted by atomic mass is 19.3. The van der Waals surface area contributed by atoms with Crippen LogP contribution in [0.15, 0.2) is 24.3 Å². The SMILES string of the molecule is O=C(c1ccccc1OC(F)F)N1CCN(C(=O)C2CC(F)(F)CN2)CC1. The third kappa shape index (κ3) is 4.49. The second-order valence-electron chi connectivity index (χ2n) is 6.49. The number of alkyl halides is 4. The van der Waals surface area contributed by atoms with Gasteiger partial charge < -0.3 is 14.5 Å². The molecule has 27 heavy (non-hydrogen) atoms. The standard InChI is InChI=1S/C17H19F4N3O3/c18-16(19)27-13-4-2-1-3-11(13)14(25)23-5-7-24(8-6-23)15(26)12-9-17(20,21)10-22-12/h1-4,12,16,22H,5-10H2. The summed E-state index contributed by atoms with van der Waals surface area (Å²) in [6.45, 7) is -2.85. The summed E-state index contributed by atoms with van der Waals surface area (Å²) in [6.07, 6.45) is -0.538. The van der Waals surface area contributed by atoms with Crippen molar-refractivity contribution in [3.05, 3.63) is 29.8 Å². The van der Waals surface area contributed by atoms with Crippen LogP contribution in [-0.2, 0) is 4.79 Å². The van der Waals surface area contributed by atoms with Gasteiger partial charge in [0.25, 0.3) is 11.8 Å². The predicted octanol–water partition coefficient (Wildman–Crippen LogP) is 1.57. The van der Waals surface area contributed by atoms with Crippen molar-refractivity contribution in [3.8, 4) is 5.75 Å². The van der Waals surface area contributed by atoms with Crippen LogP contribution in [0.3, 0.4) is 0 Å². The molecule has 0 saturated carbocycles. The number of carbonyl (C=O) groups is 2. The molecule has 1 aromatic carbocycles. The summed E-state index contributed by atoms with van der Waals surface area (Å²) in [5.74, 6) is -4.01. The molecule has 2 aliphatic heterocycles. The lowest BCUT2D eigenvalue weighted by atomic mass is 10.1. The molecule has 2 amide bonds. The molecule has 6 nitrogen and oxygen atoms in total. The van der Waals surface area contributed by atoms with Gasteiger partial charge in [-0.1, -0.05) is 12.1 Å². The summed E-state index contributed by atoms with van der Waals surface area (Å²) in [5.41, 5.74) is 0.00896. The minimum absolute atomic E-state index is 0.00896. The fourth-order valence-corrected chi connectivity index (χ4v) is 3.25. The fraction of sp³-hybridized carbons (Fsp3) is 0.529. The molecule has 1 atom stereocenters. The van der Waals surface area contributed by atoms with Crippen LogP contribution in [0.5, 0.6) is 5.75 Å². The Labute approximate surface area is 153 Å². The Morgan fingerprint density at radius 3 is 2.33 bits per heavy atom. The van der Waals surface area contributed by atoms with Crippen LogP contribution < -0.4 is 10.1 Å². The van der Waals surface area contributed by atoms with Crippen LogP contribution in [-0.4, -0.2) is 72.9 Å². The molecule has 0 aromatic heterocycles. The van der Waals surface area contributed by atoms with Gasteiger partial charge >= 0.3 is 6.61 Å². The lowest BCUT2D eigenvalue weighted by molar-refractivity contribution is -0.135. The first-order chi connectivity index (χ1) is 12.8. The molecule has 2 aliphatic rings. The van der Waals surface area contributed by atoms with E-state index >= 15 is 0 Å². The molecule has 2 saturated heterocycles. The maximum Gasteiger partial charge on any atom is 0.387 e. The number of hydrogen-bond donors (Lipinski definition) is 1. The largest absolute Gasteiger partial charge is 0.434 e. The van der Waals surface area contributed by atoms with Crippen molar-refractivity contribution in [2.45, 2.75) is 25.0 Å². The minimum atomic E-state index is -3.05. The number of halogens is 4. The van der Waals surface area contributed by atoms with E-state index in [0.717, 1.165) is 0 Å². The van der Waals surface area contributed by atoms with Gasteiger partial charge in [-0.05, 0) is 12.1 Å². The maximum atomic E-state index is 13.3. The number of nitrogens with zero attached hydrogens (tertiary/aromatic N) is 2. The topological polar surface area (TPSA) is 61.9 Å². The van der Waals surface area contributed by atoms with E-state index in [1.165, 1.54) is 34.1 Å². The van der Waals surface area contributed by atoms with Crippen molar-refractivity contribution < 1.29 is 31.9 Å². The summed E-state index contributed by atoms with van der Waals surface area (Å²) in [7, 11) is 0. The van der Waals surface area contributed by atoms with Gasteiger partial charge in [0.1, 0.15) is 5.75 Å². The first-order valence-electron chi connectivity index (χ1n) is 8.50. The highest BCUT2D eigenvalue weighted by Gasteiger charge is 2.44. The quantitative estimate of drug-likeness (QED) is 0.795. The molecule has 1 aromatic rings. The lowest BCUT2D eigenvalue weighted by Crippen LogP contribution is -2.54. The average Bonchev–Trinajstić information content (AvgIpc) is 3.00. The molecular formula is C17H19F4N3O3. The summed E-state index contributed by atoms with van der Waals surface area (Å²) in [6, 6.07) is 4.77. The van der Waals surface area contributed by atoms with Gasteiger partial charge in [0, 0.05) is 32.6 Å². The highest BCUT2D eigenvalue weighted by Crippen LogP contribution is 2.27. The number of nitrogens with one attached hydrogen (secondary N) is 1. The number of benzene rings is 1. The number of carbonyl (C=O) groups excluding carboxylic acids is 2. The lowest BCUT2D eigenvalue weighted by Gasteiger charge is -2.36. The smallest absolute Gasteiger partial charge is 0.387 e. The molecule has 1 N–H and O–H groups in total. The number of rotatable bonds is 4. The molecule has 1 unspecified atom stereocenters. The van der Waals surface area contributed by atoms with Gasteiger partial charge in [-0.3, -0.25) is 14.9 Å². The molecule has 0 aliphatic carbocycles. The summed E-state index contributed by atoms with van der Waals surface area (Å²) < 4.78 is 55.9. The Morgan fingerprint density at radius 2 is 1.74 bits per heavy atom. The molecule has 3 rings (SSSR count). The normalized spacial score (nSPS) is 22.2. The molecule has 10 heteroatoms. The number of piperazine rings is 1. The molecule has 0 radical (unpaired) electrons. The van der Waals surface area contributed by atoms with Crippen molar-refractivity contribution in [2.75, 3.05) is 32.7 Å². The van der Waals surface area contributed by atoms with Gasteiger partial charge in [0.2, 0.25) is 5.91 Å². The molecule has 2 fully saturated rings. The number of para-hydroxylation sites is 1. The van der Waals surface area contributed by atoms with Gasteiger partial charge in [0.05, 0.1) is 18.2 Å². The number of ether oxygens (including phenoxy) is 1. The van der Waals surface area contributed by atoms with Crippen molar-refractivity contribution >= 4 is 11.8 Å². The Hall–Kier alpha value is -2.36. The molecule has 0 spiro atoms. The van der Waals surface area contributed by atoms with Gasteiger partial charge in [0.15, 0.2) is 0 Å². The molecule has 0 bridgehead atoms. The van der Waals surface area contributed by atoms with E-state index in [2.05, 4.69) is 10.1 Å². The van der Waals surface area contributed by atoms with Crippen molar-refractivity contribution in [1.29, 1.82) is 0 Å². The third-order valence-electron chi connectivity index (χ3n) is 4.62. The predicted molar refractivity (Wildman–Crippen MR) is 86.9 cm³/mol. The monoisotopic (exact) mass is 389 g/mol. The molecule has 148 valence electrons. The second kappa shape index (κ2) is 7.71. The van der Waals surface area contributed by atoms with Crippen molar-refractivity contribution in [1.82, 2.24) is 15.1 Å². The summed E-state index contributed by atoms with van der Waals surface area (Å²) in [5, 5.41) is 2.52. The van der Waals surface area contributed by atoms with Gasteiger partial charge in [-0.2, -0.15) is 8.78 Å². The Morgan fingerprint density at radius 1 is 1.11 bits per heavy atom. The Balaban J connectivity index is 1.59. The minimum Gasteiger partial charge on any atom is -0.434 e. The van der Waals surface area contributed by atoms with Crippen LogP contribution in [0.4, 0.5) is 17.6 Å². The van der Waals surface area contributed by atoms with E-state index in [0.29, 0.717) is 0 Å². The first-order valence-corrected chi connectivity index (χ1v) is 8.50. The van der Waals surface area contributed by atoms with Crippen molar-refractivity contribution in [2.24, 2.45) is 0 Å². The number of hydrogen-bond acceptors (Lipinski definition) is 4. The zero-order valence-corrected chi connectivity index (χ0v) is 14.3. The van der Waals surface area contributed by atoms with Crippen molar-refractivity contribution in [3.63, 3.8) is 0 Å². The van der Waals surface area contributed by atoms with E-state index < -0.39 is 43.4 Å². The van der Waals surface area contributed by atoms with Crippen LogP contribution in [0, 0.1) is 0 Å². The van der Waals surface area contributed by atoms with E-state index in [1.807, 2.05) is 0 Å². The van der Waals surface area contributed by atoms with E-state index in [1.54, 1.807) is 0 Å². The third-order valence-corrected chi connectivity index (χ3v) is 4.62. The Bertz CT molecular complexity index is 708. The van der Waals surface area contributed by atoms with Crippen LogP contribution >= 0.6 is 0 Å². The summed E-state index contributed by atoms with van der Waals surface area (Å²) >= 11 is 0. The maximum absolute atomic E-state index is 13.3. The Kier molecular flexibility index (Phi) is 5.54. The van der Waals surface area contributed by atoms with Crippen LogP contribution in [0.25, 0.3) is 0 Å². The van der Waals surface area contributed by atoms with E-state index in [4.69, 9.17) is 0 Å². The second-order valence-corrected chi connectivity index (χ2v) is 6.49. The van der Waals surface area contributed by atoms with Gasteiger partial charge in [-0.15, -0.1) is 0 Å². The van der Waals surface area contributed by atoms with E-state index in [9.17, 15) is 27.2 Å². The zero-order chi connectivity index (χ0) is 19.6. The fourth-order valence-electron chi connectivity index (χ4n) is 3.25. The molecular weight excluding hydrogens is 370 g/mol. The van der Waals surface area contributed by atoms with Crippen LogP contribution in [0.1, 0.15) is 16.8 Å². The summed E-state index contributed by atoms with van der Waals surface area (Å²) in [4.78, 5) is 27.8. The van der Waals surface area contributed by atoms with Gasteiger partial charge in [-0.25, -0.2) is 8.78 Å². The average molecular weight is 389 g/mol. The zero-order valence-electron chi connectivity index (χ0n) is 14.3. The van der Waals surface area contributed by atoms with E-state index in [-0.39, 0.29) is 37.5 Å². The molecule has 2 heterocycles. The first kappa shape index (κ1) is 19.4. The van der Waals surface area contributed by atoms with Crippen LogP contribution in [0.2, 0.25) is 0 Å². The highest BCUT2D eigenvalue weighted by molar-refractivity contribution is 5.97.